The molecule has 1 aliphatic rings. The van der Waals surface area contributed by atoms with E-state index in [0.29, 0.717) is 0 Å². The average molecular weight is 687 g/mol. The molecule has 0 radical (unpaired) electrons. The molecule has 54 heavy (non-hydrogen) atoms. The number of benzene rings is 8. The van der Waals surface area contributed by atoms with Gasteiger partial charge in [0.1, 0.15) is 0 Å². The van der Waals surface area contributed by atoms with Gasteiger partial charge in [0.15, 0.2) is 5.82 Å². The fraction of sp³-hybridized carbons (Fsp3) is 0. The lowest BCUT2D eigenvalue weighted by atomic mass is 10.0. The maximum absolute atomic E-state index is 5.19. The standard InChI is InChI=1S/C50H30N4/c1-2-14-35(15-3-1)53-44-21-6-4-17-37(44)41-28-32(23-25-46(41)53)33-24-26-47-42(29-33)38-18-5-7-22-45(38)54(47)36-16-8-13-34(27-36)50-51-30-43-39-19-9-11-31-12-10-20-40(48(31)39)49(43)52-50/h1-30H. The number of hydrogen-bond acceptors (Lipinski definition) is 2. The Morgan fingerprint density at radius 3 is 1.65 bits per heavy atom. The Morgan fingerprint density at radius 1 is 0.370 bits per heavy atom. The van der Waals surface area contributed by atoms with Crippen LogP contribution in [-0.2, 0) is 0 Å². The first kappa shape index (κ1) is 29.3. The Bertz CT molecular complexity index is 3330. The van der Waals surface area contributed by atoms with Gasteiger partial charge in [-0.25, -0.2) is 9.97 Å². The third kappa shape index (κ3) is 4.13. The van der Waals surface area contributed by atoms with Crippen molar-refractivity contribution in [1.82, 2.24) is 19.1 Å². The van der Waals surface area contributed by atoms with Crippen LogP contribution in [0.5, 0.6) is 0 Å². The Morgan fingerprint density at radius 2 is 0.944 bits per heavy atom. The Balaban J connectivity index is 0.985. The third-order valence-electron chi connectivity index (χ3n) is 11.3. The molecular weight excluding hydrogens is 657 g/mol. The van der Waals surface area contributed by atoms with Gasteiger partial charge in [-0.3, -0.25) is 0 Å². The van der Waals surface area contributed by atoms with Crippen LogP contribution in [0.2, 0.25) is 0 Å². The van der Waals surface area contributed by atoms with Gasteiger partial charge in [0.05, 0.1) is 27.8 Å². The van der Waals surface area contributed by atoms with Crippen LogP contribution in [0.1, 0.15) is 0 Å². The first-order chi connectivity index (χ1) is 26.8. The minimum Gasteiger partial charge on any atom is -0.309 e. The molecule has 0 spiro atoms. The smallest absolute Gasteiger partial charge is 0.159 e. The minimum absolute atomic E-state index is 0.729. The summed E-state index contributed by atoms with van der Waals surface area (Å²) in [6.45, 7) is 0. The molecule has 0 atom stereocenters. The lowest BCUT2D eigenvalue weighted by molar-refractivity contribution is 1.16. The summed E-state index contributed by atoms with van der Waals surface area (Å²) in [7, 11) is 0. The zero-order chi connectivity index (χ0) is 35.3. The van der Waals surface area contributed by atoms with E-state index in [1.54, 1.807) is 0 Å². The Kier molecular flexibility index (Phi) is 6.02. The van der Waals surface area contributed by atoms with Gasteiger partial charge < -0.3 is 9.13 Å². The normalized spacial score (nSPS) is 12.1. The molecule has 1 aliphatic carbocycles. The van der Waals surface area contributed by atoms with Gasteiger partial charge in [-0.15, -0.1) is 0 Å². The van der Waals surface area contributed by atoms with Gasteiger partial charge in [0, 0.05) is 55.8 Å². The van der Waals surface area contributed by atoms with E-state index < -0.39 is 0 Å². The molecule has 3 heterocycles. The molecule has 0 N–H and O–H groups in total. The number of nitrogens with zero attached hydrogens (tertiary/aromatic N) is 4. The van der Waals surface area contributed by atoms with E-state index in [-0.39, 0.29) is 0 Å². The Hall–Kier alpha value is -7.30. The van der Waals surface area contributed by atoms with Crippen molar-refractivity contribution < 1.29 is 0 Å². The molecule has 0 fully saturated rings. The van der Waals surface area contributed by atoms with Crippen LogP contribution < -0.4 is 0 Å². The largest absolute Gasteiger partial charge is 0.309 e. The molecule has 0 saturated heterocycles. The summed E-state index contributed by atoms with van der Waals surface area (Å²) in [5.41, 5.74) is 14.9. The van der Waals surface area contributed by atoms with Crippen LogP contribution in [0.4, 0.5) is 0 Å². The topological polar surface area (TPSA) is 35.6 Å². The van der Waals surface area contributed by atoms with E-state index >= 15 is 0 Å². The number of fused-ring (bicyclic) bond motifs is 9. The molecule has 0 amide bonds. The molecule has 8 aromatic carbocycles. The van der Waals surface area contributed by atoms with Crippen molar-refractivity contribution in [2.24, 2.45) is 0 Å². The third-order valence-corrected chi connectivity index (χ3v) is 11.3. The van der Waals surface area contributed by atoms with Gasteiger partial charge in [-0.1, -0.05) is 115 Å². The van der Waals surface area contributed by atoms with Gasteiger partial charge >= 0.3 is 0 Å². The van der Waals surface area contributed by atoms with Crippen molar-refractivity contribution in [2.45, 2.75) is 0 Å². The van der Waals surface area contributed by atoms with Crippen LogP contribution in [0, 0.1) is 0 Å². The first-order valence-corrected chi connectivity index (χ1v) is 18.4. The number of para-hydroxylation sites is 3. The first-order valence-electron chi connectivity index (χ1n) is 18.4. The maximum atomic E-state index is 5.19. The van der Waals surface area contributed by atoms with Gasteiger partial charge in [-0.05, 0) is 88.1 Å². The lowest BCUT2D eigenvalue weighted by Crippen LogP contribution is -1.96. The van der Waals surface area contributed by atoms with E-state index in [2.05, 4.69) is 185 Å². The quantitative estimate of drug-likeness (QED) is 0.185. The zero-order valence-electron chi connectivity index (χ0n) is 29.1. The molecular formula is C50H30N4. The van der Waals surface area contributed by atoms with Crippen molar-refractivity contribution >= 4 is 54.4 Å². The summed E-state index contributed by atoms with van der Waals surface area (Å²) in [5.74, 6) is 0.729. The molecule has 12 rings (SSSR count). The molecule has 0 unspecified atom stereocenters. The Labute approximate surface area is 310 Å². The molecule has 4 nitrogen and oxygen atoms in total. The summed E-state index contributed by atoms with van der Waals surface area (Å²) in [6, 6.07) is 63.4. The van der Waals surface area contributed by atoms with Gasteiger partial charge in [-0.2, -0.15) is 0 Å². The van der Waals surface area contributed by atoms with E-state index in [1.165, 1.54) is 76.8 Å². The highest BCUT2D eigenvalue weighted by atomic mass is 15.0. The van der Waals surface area contributed by atoms with Crippen LogP contribution >= 0.6 is 0 Å². The second kappa shape index (κ2) is 11.1. The number of hydrogen-bond donors (Lipinski definition) is 0. The summed E-state index contributed by atoms with van der Waals surface area (Å²) >= 11 is 0. The fourth-order valence-electron chi connectivity index (χ4n) is 8.91. The number of rotatable bonds is 4. The van der Waals surface area contributed by atoms with Crippen molar-refractivity contribution in [1.29, 1.82) is 0 Å². The van der Waals surface area contributed by atoms with Crippen LogP contribution in [0.3, 0.4) is 0 Å². The molecule has 250 valence electrons. The summed E-state index contributed by atoms with van der Waals surface area (Å²) < 4.78 is 4.74. The van der Waals surface area contributed by atoms with E-state index in [4.69, 9.17) is 9.97 Å². The van der Waals surface area contributed by atoms with Crippen molar-refractivity contribution in [3.63, 3.8) is 0 Å². The SMILES string of the molecule is c1ccc(-n2c3ccccc3c3cc(-c4ccc5c(c4)c4ccccc4n5-c4cccc(-c5ncc6c(n5)-c5cccc7cccc-6c57)c4)ccc32)cc1. The van der Waals surface area contributed by atoms with Crippen molar-refractivity contribution in [3.8, 4) is 56.3 Å². The summed E-state index contributed by atoms with van der Waals surface area (Å²) in [6.07, 6.45) is 2.00. The predicted octanol–water partition coefficient (Wildman–Crippen LogP) is 12.8. The van der Waals surface area contributed by atoms with Crippen LogP contribution in [0.15, 0.2) is 182 Å². The molecule has 4 heteroatoms. The minimum atomic E-state index is 0.729. The highest BCUT2D eigenvalue weighted by molar-refractivity contribution is 6.15. The highest BCUT2D eigenvalue weighted by Gasteiger charge is 2.24. The molecule has 11 aromatic rings. The lowest BCUT2D eigenvalue weighted by Gasteiger charge is -2.11. The summed E-state index contributed by atoms with van der Waals surface area (Å²) in [4.78, 5) is 10.1. The maximum Gasteiger partial charge on any atom is 0.159 e. The second-order valence-electron chi connectivity index (χ2n) is 14.2. The van der Waals surface area contributed by atoms with E-state index in [1.807, 2.05) is 6.20 Å². The van der Waals surface area contributed by atoms with Crippen molar-refractivity contribution in [3.05, 3.63) is 182 Å². The van der Waals surface area contributed by atoms with Crippen LogP contribution in [-0.4, -0.2) is 19.1 Å². The predicted molar refractivity (Wildman–Crippen MR) is 224 cm³/mol. The molecule has 0 bridgehead atoms. The zero-order valence-corrected chi connectivity index (χ0v) is 29.1. The molecule has 3 aromatic heterocycles. The number of aromatic nitrogens is 4. The van der Waals surface area contributed by atoms with Crippen LogP contribution in [0.25, 0.3) is 111 Å². The van der Waals surface area contributed by atoms with Gasteiger partial charge in [0.25, 0.3) is 0 Å². The van der Waals surface area contributed by atoms with E-state index in [0.717, 1.165) is 33.8 Å². The van der Waals surface area contributed by atoms with Gasteiger partial charge in [0.2, 0.25) is 0 Å². The molecule has 0 aliphatic heterocycles. The molecule has 0 saturated carbocycles. The second-order valence-corrected chi connectivity index (χ2v) is 14.2. The fourth-order valence-corrected chi connectivity index (χ4v) is 8.91. The monoisotopic (exact) mass is 686 g/mol. The highest BCUT2D eigenvalue weighted by Crippen LogP contribution is 2.46. The van der Waals surface area contributed by atoms with Crippen molar-refractivity contribution in [2.75, 3.05) is 0 Å². The average Bonchev–Trinajstić information content (AvgIpc) is 3.87. The summed E-state index contributed by atoms with van der Waals surface area (Å²) in [5, 5.41) is 7.45. The van der Waals surface area contributed by atoms with E-state index in [9.17, 15) is 0 Å².